The number of hydrogen-bond acceptors (Lipinski definition) is 3. The van der Waals surface area contributed by atoms with E-state index >= 15 is 0 Å². The summed E-state index contributed by atoms with van der Waals surface area (Å²) in [6.45, 7) is 4.50. The molecule has 200 valence electrons. The van der Waals surface area contributed by atoms with Crippen LogP contribution in [0.15, 0.2) is 0 Å². The second-order valence-corrected chi connectivity index (χ2v) is 11.2. The molecule has 0 radical (unpaired) electrons. The maximum atomic E-state index is 11.2. The van der Waals surface area contributed by atoms with Crippen LogP contribution in [0.2, 0.25) is 0 Å². The van der Waals surface area contributed by atoms with Crippen LogP contribution >= 0.6 is 0 Å². The van der Waals surface area contributed by atoms with Gasteiger partial charge in [-0.2, -0.15) is 8.42 Å². The van der Waals surface area contributed by atoms with E-state index in [0.29, 0.717) is 0 Å². The Labute approximate surface area is 208 Å². The van der Waals surface area contributed by atoms with Crippen molar-refractivity contribution in [1.82, 2.24) is 0 Å². The fraction of sp³-hybridized carbons (Fsp3) is 1.00. The van der Waals surface area contributed by atoms with Gasteiger partial charge in [-0.05, 0) is 12.8 Å². The summed E-state index contributed by atoms with van der Waals surface area (Å²) >= 11 is 0. The molecule has 33 heavy (non-hydrogen) atoms. The molecule has 0 aliphatic rings. The maximum Gasteiger partial charge on any atom is 0.397 e. The molecule has 0 saturated heterocycles. The van der Waals surface area contributed by atoms with Crippen LogP contribution in [0.4, 0.5) is 0 Å². The summed E-state index contributed by atoms with van der Waals surface area (Å²) in [5.74, 6) is 0. The molecule has 0 saturated carbocycles. The Bertz CT molecular complexity index is 478. The second kappa shape index (κ2) is 25.0. The Morgan fingerprint density at radius 1 is 0.485 bits per heavy atom. The average molecular weight is 491 g/mol. The molecule has 0 aromatic heterocycles. The quantitative estimate of drug-likeness (QED) is 0.0918. The molecule has 0 aliphatic carbocycles. The van der Waals surface area contributed by atoms with E-state index in [1.54, 1.807) is 0 Å². The largest absolute Gasteiger partial charge is 0.397 e. The lowest BCUT2D eigenvalue weighted by Gasteiger charge is -2.15. The van der Waals surface area contributed by atoms with Crippen LogP contribution in [0.3, 0.4) is 0 Å². The van der Waals surface area contributed by atoms with Gasteiger partial charge in [0.25, 0.3) is 0 Å². The molecule has 1 N–H and O–H groups in total. The lowest BCUT2D eigenvalue weighted by atomic mass is 10.0. The van der Waals surface area contributed by atoms with E-state index in [4.69, 9.17) is 8.74 Å². The summed E-state index contributed by atoms with van der Waals surface area (Å²) in [5.41, 5.74) is 0. The topological polar surface area (TPSA) is 63.6 Å². The van der Waals surface area contributed by atoms with Crippen molar-refractivity contribution in [3.63, 3.8) is 0 Å². The minimum atomic E-state index is -4.35. The molecule has 0 rings (SSSR count). The van der Waals surface area contributed by atoms with Crippen molar-refractivity contribution < 1.29 is 17.2 Å². The molecule has 0 aliphatic heterocycles. The summed E-state index contributed by atoms with van der Waals surface area (Å²) in [4.78, 5) is 0. The first kappa shape index (κ1) is 32.9. The van der Waals surface area contributed by atoms with E-state index in [1.807, 2.05) is 0 Å². The number of hydrogen-bond donors (Lipinski definition) is 1. The lowest BCUT2D eigenvalue weighted by molar-refractivity contribution is 0.157. The third-order valence-corrected chi connectivity index (χ3v) is 7.28. The highest BCUT2D eigenvalue weighted by atomic mass is 32.3. The van der Waals surface area contributed by atoms with Crippen LogP contribution in [0.25, 0.3) is 0 Å². The Morgan fingerprint density at radius 2 is 0.727 bits per heavy atom. The van der Waals surface area contributed by atoms with E-state index in [1.165, 1.54) is 122 Å². The van der Waals surface area contributed by atoms with Gasteiger partial charge < -0.3 is 0 Å². The third kappa shape index (κ3) is 28.0. The van der Waals surface area contributed by atoms with Gasteiger partial charge in [-0.1, -0.05) is 162 Å². The van der Waals surface area contributed by atoms with E-state index in [0.717, 1.165) is 38.5 Å². The van der Waals surface area contributed by atoms with Gasteiger partial charge in [0.05, 0.1) is 6.10 Å². The Morgan fingerprint density at radius 3 is 0.970 bits per heavy atom. The first-order valence-electron chi connectivity index (χ1n) is 14.6. The van der Waals surface area contributed by atoms with Crippen molar-refractivity contribution in [1.29, 1.82) is 0 Å². The highest BCUT2D eigenvalue weighted by molar-refractivity contribution is 7.80. The summed E-state index contributed by atoms with van der Waals surface area (Å²) in [5, 5.41) is 0. The summed E-state index contributed by atoms with van der Waals surface area (Å²) in [6.07, 6.45) is 30.7. The molecule has 4 nitrogen and oxygen atoms in total. The summed E-state index contributed by atoms with van der Waals surface area (Å²) in [7, 11) is -4.35. The molecule has 5 heteroatoms. The zero-order valence-corrected chi connectivity index (χ0v) is 23.2. The van der Waals surface area contributed by atoms with Gasteiger partial charge >= 0.3 is 10.4 Å². The van der Waals surface area contributed by atoms with Crippen molar-refractivity contribution in [2.75, 3.05) is 0 Å². The van der Waals surface area contributed by atoms with Crippen LogP contribution in [0, 0.1) is 0 Å². The fourth-order valence-corrected chi connectivity index (χ4v) is 5.20. The van der Waals surface area contributed by atoms with Crippen molar-refractivity contribution in [3.8, 4) is 0 Å². The summed E-state index contributed by atoms with van der Waals surface area (Å²) < 4.78 is 36.4. The Balaban J connectivity index is 3.61. The standard InChI is InChI=1S/C28H58O4S/c1-3-5-7-9-11-13-14-15-16-17-18-19-21-23-25-27-28(32-33(29,30)31)26-24-22-20-12-10-8-6-4-2/h28H,3-27H2,1-2H3,(H,29,30,31). The molecule has 0 heterocycles. The van der Waals surface area contributed by atoms with E-state index in [-0.39, 0.29) is 6.10 Å². The fourth-order valence-electron chi connectivity index (χ4n) is 4.66. The molecular formula is C28H58O4S. The van der Waals surface area contributed by atoms with Crippen LogP contribution in [0.5, 0.6) is 0 Å². The minimum absolute atomic E-state index is 0.359. The Kier molecular flexibility index (Phi) is 24.9. The molecule has 0 fully saturated rings. The first-order valence-corrected chi connectivity index (χ1v) is 16.0. The first-order chi connectivity index (χ1) is 16.0. The van der Waals surface area contributed by atoms with Gasteiger partial charge in [-0.3, -0.25) is 4.55 Å². The molecule has 1 atom stereocenters. The van der Waals surface area contributed by atoms with Crippen LogP contribution in [0.1, 0.15) is 174 Å². The maximum absolute atomic E-state index is 11.2. The molecule has 1 unspecified atom stereocenters. The van der Waals surface area contributed by atoms with Crippen molar-refractivity contribution in [3.05, 3.63) is 0 Å². The van der Waals surface area contributed by atoms with Crippen LogP contribution < -0.4 is 0 Å². The van der Waals surface area contributed by atoms with Gasteiger partial charge in [0.1, 0.15) is 0 Å². The van der Waals surface area contributed by atoms with Crippen molar-refractivity contribution in [2.45, 2.75) is 180 Å². The van der Waals surface area contributed by atoms with E-state index < -0.39 is 10.4 Å². The highest BCUT2D eigenvalue weighted by Crippen LogP contribution is 2.19. The lowest BCUT2D eigenvalue weighted by Crippen LogP contribution is -2.18. The van der Waals surface area contributed by atoms with Crippen molar-refractivity contribution >= 4 is 10.4 Å². The number of rotatable bonds is 27. The molecule has 0 bridgehead atoms. The third-order valence-electron chi connectivity index (χ3n) is 6.77. The van der Waals surface area contributed by atoms with Gasteiger partial charge in [-0.15, -0.1) is 0 Å². The highest BCUT2D eigenvalue weighted by Gasteiger charge is 2.16. The molecule has 0 aromatic rings. The van der Waals surface area contributed by atoms with Gasteiger partial charge in [0.15, 0.2) is 0 Å². The summed E-state index contributed by atoms with van der Waals surface area (Å²) in [6, 6.07) is 0. The average Bonchev–Trinajstić information content (AvgIpc) is 2.77. The second-order valence-electron chi connectivity index (χ2n) is 10.1. The zero-order chi connectivity index (χ0) is 24.5. The van der Waals surface area contributed by atoms with E-state index in [2.05, 4.69) is 13.8 Å². The zero-order valence-electron chi connectivity index (χ0n) is 22.3. The van der Waals surface area contributed by atoms with Gasteiger partial charge in [-0.25, -0.2) is 4.18 Å². The molecule has 0 amide bonds. The smallest absolute Gasteiger partial charge is 0.264 e. The van der Waals surface area contributed by atoms with Gasteiger partial charge in [0, 0.05) is 0 Å². The molecule has 0 spiro atoms. The number of unbranched alkanes of at least 4 members (excludes halogenated alkanes) is 21. The molecular weight excluding hydrogens is 432 g/mol. The van der Waals surface area contributed by atoms with Gasteiger partial charge in [0.2, 0.25) is 0 Å². The van der Waals surface area contributed by atoms with Crippen LogP contribution in [-0.2, 0) is 14.6 Å². The monoisotopic (exact) mass is 490 g/mol. The van der Waals surface area contributed by atoms with E-state index in [9.17, 15) is 8.42 Å². The Hall–Kier alpha value is -0.130. The predicted molar refractivity (Wildman–Crippen MR) is 143 cm³/mol. The van der Waals surface area contributed by atoms with Crippen LogP contribution in [-0.4, -0.2) is 19.1 Å². The minimum Gasteiger partial charge on any atom is -0.264 e. The SMILES string of the molecule is CCCCCCCCCCCCCCCCCC(CCCCCCCCCC)OS(=O)(=O)O. The normalized spacial score (nSPS) is 12.9. The van der Waals surface area contributed by atoms with Crippen molar-refractivity contribution in [2.24, 2.45) is 0 Å². The molecule has 0 aromatic carbocycles. The predicted octanol–water partition coefficient (Wildman–Crippen LogP) is 9.97.